The van der Waals surface area contributed by atoms with Gasteiger partial charge in [0.1, 0.15) is 11.1 Å². The highest BCUT2D eigenvalue weighted by molar-refractivity contribution is 5.68. The first kappa shape index (κ1) is 14.5. The van der Waals surface area contributed by atoms with Gasteiger partial charge in [-0.05, 0) is 40.7 Å². The number of hydrogen-bond donors (Lipinski definition) is 0. The zero-order valence-corrected chi connectivity index (χ0v) is 12.0. The number of amides is 1. The average Bonchev–Trinajstić information content (AvgIpc) is 2.26. The van der Waals surface area contributed by atoms with Crippen LogP contribution in [0.25, 0.3) is 0 Å². The second-order valence-electron chi connectivity index (χ2n) is 6.60. The molecule has 1 spiro atoms. The zero-order chi connectivity index (χ0) is 14.5. The van der Waals surface area contributed by atoms with Crippen molar-refractivity contribution in [1.29, 1.82) is 0 Å². The van der Waals surface area contributed by atoms with Gasteiger partial charge in [-0.3, -0.25) is 4.90 Å². The zero-order valence-electron chi connectivity index (χ0n) is 12.0. The summed E-state index contributed by atoms with van der Waals surface area (Å²) in [7, 11) is 1.69. The predicted molar refractivity (Wildman–Crippen MR) is 67.3 cm³/mol. The third-order valence-corrected chi connectivity index (χ3v) is 3.97. The number of rotatable bonds is 0. The first-order valence-electron chi connectivity index (χ1n) is 6.64. The largest absolute Gasteiger partial charge is 0.444 e. The molecule has 1 unspecified atom stereocenters. The Hall–Kier alpha value is -0.910. The Morgan fingerprint density at radius 3 is 2.37 bits per heavy atom. The molecule has 4 nitrogen and oxygen atoms in total. The molecule has 0 N–H and O–H groups in total. The fourth-order valence-electron chi connectivity index (χ4n) is 2.91. The Balaban J connectivity index is 2.08. The average molecular weight is 276 g/mol. The van der Waals surface area contributed by atoms with Crippen LogP contribution in [0.3, 0.4) is 0 Å². The van der Waals surface area contributed by atoms with Gasteiger partial charge in [0.15, 0.2) is 0 Å². The molecule has 2 saturated heterocycles. The van der Waals surface area contributed by atoms with Crippen LogP contribution < -0.4 is 0 Å². The van der Waals surface area contributed by atoms with Crippen LogP contribution in [0.15, 0.2) is 0 Å². The lowest BCUT2D eigenvalue weighted by Gasteiger charge is -2.59. The topological polar surface area (TPSA) is 32.8 Å². The van der Waals surface area contributed by atoms with Crippen molar-refractivity contribution in [3.8, 4) is 0 Å². The van der Waals surface area contributed by atoms with E-state index >= 15 is 0 Å². The summed E-state index contributed by atoms with van der Waals surface area (Å²) in [6.07, 6.45) is 0.511. The van der Waals surface area contributed by atoms with Crippen LogP contribution in [0.1, 0.15) is 33.6 Å². The molecule has 1 atom stereocenters. The molecule has 0 aromatic rings. The van der Waals surface area contributed by atoms with E-state index in [0.717, 1.165) is 0 Å². The maximum atomic E-state index is 13.9. The van der Waals surface area contributed by atoms with Gasteiger partial charge in [-0.2, -0.15) is 0 Å². The highest BCUT2D eigenvalue weighted by Gasteiger charge is 2.66. The number of ether oxygens (including phenoxy) is 1. The third-order valence-electron chi connectivity index (χ3n) is 3.97. The van der Waals surface area contributed by atoms with Gasteiger partial charge in [0.2, 0.25) is 0 Å². The van der Waals surface area contributed by atoms with Gasteiger partial charge in [-0.15, -0.1) is 0 Å². The van der Waals surface area contributed by atoms with Crippen LogP contribution in [-0.4, -0.2) is 59.6 Å². The van der Waals surface area contributed by atoms with E-state index in [2.05, 4.69) is 0 Å². The van der Waals surface area contributed by atoms with Crippen LogP contribution in [-0.2, 0) is 4.74 Å². The second kappa shape index (κ2) is 4.30. The van der Waals surface area contributed by atoms with Crippen molar-refractivity contribution >= 4 is 6.09 Å². The number of carbonyl (C=O) groups excluding carboxylic acids is 1. The molecule has 0 aromatic carbocycles. The van der Waals surface area contributed by atoms with E-state index in [1.165, 1.54) is 4.90 Å². The Bertz CT molecular complexity index is 381. The van der Waals surface area contributed by atoms with E-state index in [-0.39, 0.29) is 13.1 Å². The number of carbonyl (C=O) groups is 1. The number of likely N-dealkylation sites (N-methyl/N-ethyl adjacent to an activating group) is 1. The lowest BCUT2D eigenvalue weighted by atomic mass is 9.75. The molecule has 2 aliphatic heterocycles. The lowest BCUT2D eigenvalue weighted by Crippen LogP contribution is -2.78. The van der Waals surface area contributed by atoms with Crippen LogP contribution >= 0.6 is 0 Å². The van der Waals surface area contributed by atoms with Gasteiger partial charge in [-0.1, -0.05) is 0 Å². The lowest BCUT2D eigenvalue weighted by molar-refractivity contribution is -0.251. The van der Waals surface area contributed by atoms with Gasteiger partial charge in [0.25, 0.3) is 5.92 Å². The number of nitrogens with zero attached hydrogens (tertiary/aromatic N) is 2. The van der Waals surface area contributed by atoms with E-state index in [4.69, 9.17) is 4.74 Å². The van der Waals surface area contributed by atoms with E-state index in [1.54, 1.807) is 32.7 Å². The number of hydrogen-bond acceptors (Lipinski definition) is 3. The van der Waals surface area contributed by atoms with Crippen molar-refractivity contribution in [3.05, 3.63) is 0 Å². The monoisotopic (exact) mass is 276 g/mol. The molecule has 1 amide bonds. The molecule has 0 aromatic heterocycles. The summed E-state index contributed by atoms with van der Waals surface area (Å²) in [5.74, 6) is -2.72. The molecule has 2 aliphatic rings. The SMILES string of the molecule is CN1CC(F)(F)C12CCCN(C(=O)OC(C)(C)C)C2. The van der Waals surface area contributed by atoms with Crippen LogP contribution in [0.4, 0.5) is 13.6 Å². The minimum atomic E-state index is -2.72. The maximum absolute atomic E-state index is 13.9. The smallest absolute Gasteiger partial charge is 0.410 e. The molecule has 110 valence electrons. The van der Waals surface area contributed by atoms with Crippen molar-refractivity contribution < 1.29 is 18.3 Å². The summed E-state index contributed by atoms with van der Waals surface area (Å²) < 4.78 is 33.0. The summed E-state index contributed by atoms with van der Waals surface area (Å²) >= 11 is 0. The van der Waals surface area contributed by atoms with Crippen molar-refractivity contribution in [3.63, 3.8) is 0 Å². The molecule has 0 radical (unpaired) electrons. The Morgan fingerprint density at radius 2 is 1.89 bits per heavy atom. The van der Waals surface area contributed by atoms with Gasteiger partial charge in [0, 0.05) is 13.1 Å². The molecular weight excluding hydrogens is 254 g/mol. The summed E-state index contributed by atoms with van der Waals surface area (Å²) in [5, 5.41) is 0. The molecular formula is C13H22F2N2O2. The fraction of sp³-hybridized carbons (Fsp3) is 0.923. The van der Waals surface area contributed by atoms with Crippen molar-refractivity contribution in [1.82, 2.24) is 9.80 Å². The summed E-state index contributed by atoms with van der Waals surface area (Å²) in [4.78, 5) is 15.1. The Morgan fingerprint density at radius 1 is 1.26 bits per heavy atom. The van der Waals surface area contributed by atoms with E-state index in [0.29, 0.717) is 19.4 Å². The quantitative estimate of drug-likeness (QED) is 0.681. The Kier molecular flexibility index (Phi) is 3.28. The molecule has 2 fully saturated rings. The standard InChI is InChI=1S/C13H22F2N2O2/c1-11(2,3)19-10(18)17-7-5-6-12(8-17)13(14,15)9-16(12)4/h5-9H2,1-4H3. The molecule has 2 rings (SSSR count). The normalized spacial score (nSPS) is 31.2. The number of likely N-dealkylation sites (tertiary alicyclic amines) is 2. The van der Waals surface area contributed by atoms with E-state index < -0.39 is 23.2 Å². The molecule has 6 heteroatoms. The van der Waals surface area contributed by atoms with Crippen LogP contribution in [0.5, 0.6) is 0 Å². The first-order chi connectivity index (χ1) is 8.57. The second-order valence-corrected chi connectivity index (χ2v) is 6.60. The third kappa shape index (κ3) is 2.42. The molecule has 19 heavy (non-hydrogen) atoms. The summed E-state index contributed by atoms with van der Waals surface area (Å²) in [6, 6.07) is 0. The van der Waals surface area contributed by atoms with E-state index in [1.807, 2.05) is 0 Å². The molecule has 0 aliphatic carbocycles. The number of halogens is 2. The minimum Gasteiger partial charge on any atom is -0.444 e. The molecule has 2 heterocycles. The molecule has 0 saturated carbocycles. The number of alkyl halides is 2. The van der Waals surface area contributed by atoms with Crippen molar-refractivity contribution in [2.45, 2.75) is 50.7 Å². The summed E-state index contributed by atoms with van der Waals surface area (Å²) in [5.41, 5.74) is -1.79. The van der Waals surface area contributed by atoms with Crippen molar-refractivity contribution in [2.75, 3.05) is 26.7 Å². The van der Waals surface area contributed by atoms with Gasteiger partial charge in [0.05, 0.1) is 6.54 Å². The minimum absolute atomic E-state index is 0.0470. The summed E-state index contributed by atoms with van der Waals surface area (Å²) in [6.45, 7) is 5.62. The highest BCUT2D eigenvalue weighted by Crippen LogP contribution is 2.48. The van der Waals surface area contributed by atoms with Gasteiger partial charge >= 0.3 is 6.09 Å². The highest BCUT2D eigenvalue weighted by atomic mass is 19.3. The van der Waals surface area contributed by atoms with Gasteiger partial charge < -0.3 is 9.64 Å². The fourth-order valence-corrected chi connectivity index (χ4v) is 2.91. The van der Waals surface area contributed by atoms with Gasteiger partial charge in [-0.25, -0.2) is 13.6 Å². The number of piperidine rings is 1. The Labute approximate surface area is 112 Å². The van der Waals surface area contributed by atoms with E-state index in [9.17, 15) is 13.6 Å². The van der Waals surface area contributed by atoms with Crippen molar-refractivity contribution in [2.24, 2.45) is 0 Å². The predicted octanol–water partition coefficient (Wildman–Crippen LogP) is 2.34. The first-order valence-corrected chi connectivity index (χ1v) is 6.64. The van der Waals surface area contributed by atoms with Crippen LogP contribution in [0, 0.1) is 0 Å². The van der Waals surface area contributed by atoms with Crippen LogP contribution in [0.2, 0.25) is 0 Å². The molecule has 0 bridgehead atoms. The maximum Gasteiger partial charge on any atom is 0.410 e.